The molecule has 3 aromatic rings. The second-order valence-electron chi connectivity index (χ2n) is 4.07. The molecule has 0 spiro atoms. The van der Waals surface area contributed by atoms with Gasteiger partial charge in [0.1, 0.15) is 0 Å². The van der Waals surface area contributed by atoms with Gasteiger partial charge in [0.25, 0.3) is 5.22 Å². The Labute approximate surface area is 137 Å². The molecule has 0 fully saturated rings. The third-order valence-corrected chi connectivity index (χ3v) is 4.88. The molecule has 0 atom stereocenters. The summed E-state index contributed by atoms with van der Waals surface area (Å²) in [6.07, 6.45) is 0. The fourth-order valence-corrected chi connectivity index (χ4v) is 3.28. The van der Waals surface area contributed by atoms with Crippen LogP contribution in [0.15, 0.2) is 55.9 Å². The molecule has 0 aliphatic carbocycles. The van der Waals surface area contributed by atoms with Gasteiger partial charge in [-0.1, -0.05) is 33.8 Å². The summed E-state index contributed by atoms with van der Waals surface area (Å²) in [5, 5.41) is 10.2. The Hall–Kier alpha value is -1.44. The number of halogens is 1. The Kier molecular flexibility index (Phi) is 4.52. The Morgan fingerprint density at radius 3 is 2.76 bits per heavy atom. The summed E-state index contributed by atoms with van der Waals surface area (Å²) in [5.41, 5.74) is 0.849. The largest absolute Gasteiger partial charge is 0.411 e. The first kappa shape index (κ1) is 14.5. The average molecular weight is 381 g/mol. The highest BCUT2D eigenvalue weighted by atomic mass is 79.9. The summed E-state index contributed by atoms with van der Waals surface area (Å²) >= 11 is 6.06. The minimum Gasteiger partial charge on any atom is -0.411 e. The van der Waals surface area contributed by atoms with Crippen LogP contribution in [0.4, 0.5) is 0 Å². The maximum absolute atomic E-state index is 11.9. The number of thioether (sulfide) groups is 1. The Morgan fingerprint density at radius 1 is 1.24 bits per heavy atom. The van der Waals surface area contributed by atoms with Crippen LogP contribution in [0.5, 0.6) is 0 Å². The summed E-state index contributed by atoms with van der Waals surface area (Å²) in [5.74, 6) is 0.814. The highest BCUT2D eigenvalue weighted by Gasteiger charge is 2.12. The molecule has 2 aromatic heterocycles. The summed E-state index contributed by atoms with van der Waals surface area (Å²) in [7, 11) is 0. The van der Waals surface area contributed by atoms with Crippen molar-refractivity contribution in [3.05, 3.63) is 51.1 Å². The van der Waals surface area contributed by atoms with E-state index in [0.717, 1.165) is 14.9 Å². The zero-order chi connectivity index (χ0) is 14.7. The van der Waals surface area contributed by atoms with Crippen LogP contribution in [0.1, 0.15) is 9.67 Å². The quantitative estimate of drug-likeness (QED) is 0.480. The molecule has 0 radical (unpaired) electrons. The molecule has 7 heteroatoms. The number of hydrogen-bond acceptors (Lipinski definition) is 6. The lowest BCUT2D eigenvalue weighted by Gasteiger charge is -1.95. The number of benzene rings is 1. The molecule has 0 unspecified atom stereocenters. The highest BCUT2D eigenvalue weighted by Crippen LogP contribution is 2.25. The predicted molar refractivity (Wildman–Crippen MR) is 86.8 cm³/mol. The minimum atomic E-state index is 0.0680. The summed E-state index contributed by atoms with van der Waals surface area (Å²) < 4.78 is 6.54. The fraction of sp³-hybridized carbons (Fsp3) is 0.0714. The molecule has 2 heterocycles. The van der Waals surface area contributed by atoms with Crippen molar-refractivity contribution in [1.82, 2.24) is 10.2 Å². The van der Waals surface area contributed by atoms with Crippen LogP contribution in [-0.2, 0) is 0 Å². The van der Waals surface area contributed by atoms with Crippen LogP contribution in [0.3, 0.4) is 0 Å². The van der Waals surface area contributed by atoms with E-state index in [1.54, 1.807) is 0 Å². The molecule has 3 rings (SSSR count). The van der Waals surface area contributed by atoms with Gasteiger partial charge in [-0.05, 0) is 35.7 Å². The van der Waals surface area contributed by atoms with E-state index in [1.807, 2.05) is 41.8 Å². The molecule has 0 N–H and O–H groups in total. The first-order valence-electron chi connectivity index (χ1n) is 6.01. The van der Waals surface area contributed by atoms with E-state index in [0.29, 0.717) is 16.9 Å². The molecule has 0 bridgehead atoms. The van der Waals surface area contributed by atoms with Crippen LogP contribution in [-0.4, -0.2) is 21.7 Å². The van der Waals surface area contributed by atoms with E-state index in [-0.39, 0.29) is 5.78 Å². The van der Waals surface area contributed by atoms with Gasteiger partial charge in [0.2, 0.25) is 5.89 Å². The van der Waals surface area contributed by atoms with Crippen LogP contribution in [0.25, 0.3) is 11.5 Å². The lowest BCUT2D eigenvalue weighted by atomic mass is 10.2. The van der Waals surface area contributed by atoms with Gasteiger partial charge in [-0.3, -0.25) is 4.79 Å². The molecular weight excluding hydrogens is 372 g/mol. The van der Waals surface area contributed by atoms with Gasteiger partial charge in [-0.2, -0.15) is 0 Å². The molecule has 4 nitrogen and oxygen atoms in total. The number of nitrogens with zero attached hydrogens (tertiary/aromatic N) is 2. The molecular formula is C14H9BrN2O2S2. The molecule has 0 saturated heterocycles. The standard InChI is InChI=1S/C14H9BrN2O2S2/c15-10-5-3-9(4-6-10)13-16-17-14(19-13)21-8-11(18)12-2-1-7-20-12/h1-7H,8H2. The third kappa shape index (κ3) is 3.61. The molecule has 0 aliphatic heterocycles. The van der Waals surface area contributed by atoms with Crippen molar-refractivity contribution in [2.75, 3.05) is 5.75 Å². The molecule has 0 aliphatic rings. The lowest BCUT2D eigenvalue weighted by Crippen LogP contribution is -1.98. The summed E-state index contributed by atoms with van der Waals surface area (Å²) in [6.45, 7) is 0. The molecule has 0 saturated carbocycles. The Balaban J connectivity index is 1.65. The van der Waals surface area contributed by atoms with Gasteiger partial charge in [-0.25, -0.2) is 0 Å². The van der Waals surface area contributed by atoms with Crippen LogP contribution < -0.4 is 0 Å². The van der Waals surface area contributed by atoms with Gasteiger partial charge < -0.3 is 4.42 Å². The first-order chi connectivity index (χ1) is 10.2. The van der Waals surface area contributed by atoms with Crippen molar-refractivity contribution >= 4 is 44.8 Å². The number of aromatic nitrogens is 2. The Bertz CT molecular complexity index is 739. The SMILES string of the molecule is O=C(CSc1nnc(-c2ccc(Br)cc2)o1)c1cccs1. The maximum Gasteiger partial charge on any atom is 0.277 e. The third-order valence-electron chi connectivity index (χ3n) is 2.62. The summed E-state index contributed by atoms with van der Waals surface area (Å²) in [4.78, 5) is 12.6. The predicted octanol–water partition coefficient (Wildman–Crippen LogP) is 4.54. The number of carbonyl (C=O) groups is 1. The van der Waals surface area contributed by atoms with Crippen molar-refractivity contribution in [3.63, 3.8) is 0 Å². The minimum absolute atomic E-state index is 0.0680. The first-order valence-corrected chi connectivity index (χ1v) is 8.67. The van der Waals surface area contributed by atoms with Gasteiger partial charge >= 0.3 is 0 Å². The average Bonchev–Trinajstić information content (AvgIpc) is 3.17. The lowest BCUT2D eigenvalue weighted by molar-refractivity contribution is 0.102. The van der Waals surface area contributed by atoms with Crippen molar-refractivity contribution in [1.29, 1.82) is 0 Å². The van der Waals surface area contributed by atoms with Crippen LogP contribution in [0, 0.1) is 0 Å². The van der Waals surface area contributed by atoms with E-state index >= 15 is 0 Å². The van der Waals surface area contributed by atoms with Gasteiger partial charge in [0.15, 0.2) is 5.78 Å². The molecule has 21 heavy (non-hydrogen) atoms. The highest BCUT2D eigenvalue weighted by molar-refractivity contribution is 9.10. The number of hydrogen-bond donors (Lipinski definition) is 0. The van der Waals surface area contributed by atoms with Gasteiger partial charge in [0, 0.05) is 10.0 Å². The van der Waals surface area contributed by atoms with Gasteiger partial charge in [-0.15, -0.1) is 21.5 Å². The number of rotatable bonds is 5. The van der Waals surface area contributed by atoms with Crippen molar-refractivity contribution in [2.24, 2.45) is 0 Å². The maximum atomic E-state index is 11.9. The topological polar surface area (TPSA) is 56.0 Å². The number of thiophene rings is 1. The second-order valence-corrected chi connectivity index (χ2v) is 6.86. The smallest absolute Gasteiger partial charge is 0.277 e. The fourth-order valence-electron chi connectivity index (χ4n) is 1.61. The summed E-state index contributed by atoms with van der Waals surface area (Å²) in [6, 6.07) is 11.3. The van der Waals surface area contributed by atoms with Crippen LogP contribution in [0.2, 0.25) is 0 Å². The number of carbonyl (C=O) groups excluding carboxylic acids is 1. The normalized spacial score (nSPS) is 10.7. The molecule has 0 amide bonds. The van der Waals surface area contributed by atoms with Crippen molar-refractivity contribution in [3.8, 4) is 11.5 Å². The zero-order valence-electron chi connectivity index (χ0n) is 10.7. The second kappa shape index (κ2) is 6.55. The van der Waals surface area contributed by atoms with E-state index in [4.69, 9.17) is 4.42 Å². The molecule has 1 aromatic carbocycles. The zero-order valence-corrected chi connectivity index (χ0v) is 13.9. The van der Waals surface area contributed by atoms with E-state index in [9.17, 15) is 4.79 Å². The number of ketones is 1. The van der Waals surface area contributed by atoms with E-state index in [2.05, 4.69) is 26.1 Å². The van der Waals surface area contributed by atoms with E-state index in [1.165, 1.54) is 23.1 Å². The van der Waals surface area contributed by atoms with Crippen LogP contribution >= 0.6 is 39.0 Å². The molecule has 106 valence electrons. The monoisotopic (exact) mass is 380 g/mol. The van der Waals surface area contributed by atoms with Crippen molar-refractivity contribution < 1.29 is 9.21 Å². The van der Waals surface area contributed by atoms with Gasteiger partial charge in [0.05, 0.1) is 10.6 Å². The number of Topliss-reactive ketones (excluding diaryl/α,β-unsaturated/α-hetero) is 1. The Morgan fingerprint density at radius 2 is 2.05 bits per heavy atom. The van der Waals surface area contributed by atoms with Crippen molar-refractivity contribution in [2.45, 2.75) is 5.22 Å². The van der Waals surface area contributed by atoms with E-state index < -0.39 is 0 Å².